The van der Waals surface area contributed by atoms with Crippen molar-refractivity contribution in [3.63, 3.8) is 0 Å². The lowest BCUT2D eigenvalue weighted by Crippen LogP contribution is -2.34. The fourth-order valence-electron chi connectivity index (χ4n) is 3.19. The van der Waals surface area contributed by atoms with Gasteiger partial charge in [-0.1, -0.05) is 0 Å². The van der Waals surface area contributed by atoms with E-state index in [9.17, 15) is 4.79 Å². The maximum atomic E-state index is 12.5. The molecule has 3 rings (SSSR count). The Morgan fingerprint density at radius 1 is 1.12 bits per heavy atom. The average molecular weight is 339 g/mol. The first-order chi connectivity index (χ1) is 12.2. The van der Waals surface area contributed by atoms with Crippen molar-refractivity contribution in [1.82, 2.24) is 0 Å². The molecule has 2 N–H and O–H groups in total. The van der Waals surface area contributed by atoms with Crippen molar-refractivity contribution >= 4 is 23.0 Å². The van der Waals surface area contributed by atoms with Crippen LogP contribution in [0.15, 0.2) is 42.5 Å². The minimum atomic E-state index is 0.000811. The molecule has 0 saturated carbocycles. The van der Waals surface area contributed by atoms with Crippen molar-refractivity contribution in [1.29, 1.82) is 0 Å². The van der Waals surface area contributed by atoms with E-state index in [1.807, 2.05) is 37.4 Å². The first kappa shape index (κ1) is 17.1. The molecule has 1 aliphatic heterocycles. The van der Waals surface area contributed by atoms with Crippen LogP contribution < -0.4 is 20.3 Å². The minimum Gasteiger partial charge on any atom is -0.497 e. The molecule has 0 spiro atoms. The number of carbonyl (C=O) groups excluding carboxylic acids is 1. The summed E-state index contributed by atoms with van der Waals surface area (Å²) >= 11 is 0. The van der Waals surface area contributed by atoms with E-state index < -0.39 is 0 Å². The number of rotatable bonds is 5. The minimum absolute atomic E-state index is 0.000811. The van der Waals surface area contributed by atoms with Gasteiger partial charge in [0.05, 0.1) is 13.7 Å². The van der Waals surface area contributed by atoms with Gasteiger partial charge in [0.1, 0.15) is 5.75 Å². The highest BCUT2D eigenvalue weighted by atomic mass is 16.5. The summed E-state index contributed by atoms with van der Waals surface area (Å²) in [5.74, 6) is 0.871. The van der Waals surface area contributed by atoms with E-state index in [1.54, 1.807) is 7.11 Å². The monoisotopic (exact) mass is 339 g/mol. The Morgan fingerprint density at radius 2 is 1.88 bits per heavy atom. The molecule has 0 atom stereocenters. The number of methoxy groups -OCH3 is 1. The third kappa shape index (κ3) is 4.24. The van der Waals surface area contributed by atoms with Crippen LogP contribution in [0.2, 0.25) is 0 Å². The number of benzene rings is 2. The Balaban J connectivity index is 1.70. The lowest BCUT2D eigenvalue weighted by molar-refractivity contribution is -0.115. The number of ether oxygens (including phenoxy) is 1. The third-order valence-corrected chi connectivity index (χ3v) is 4.54. The second kappa shape index (κ2) is 7.92. The van der Waals surface area contributed by atoms with Crippen molar-refractivity contribution in [3.05, 3.63) is 48.0 Å². The van der Waals surface area contributed by atoms with Crippen LogP contribution in [0.3, 0.4) is 0 Å². The molecular formula is C20H25N3O2. The Labute approximate surface area is 149 Å². The summed E-state index contributed by atoms with van der Waals surface area (Å²) in [7, 11) is 3.56. The molecule has 5 nitrogen and oxygen atoms in total. The molecule has 1 aliphatic rings. The van der Waals surface area contributed by atoms with Gasteiger partial charge in [-0.25, -0.2) is 0 Å². The summed E-state index contributed by atoms with van der Waals surface area (Å²) in [5, 5.41) is 6.05. The van der Waals surface area contributed by atoms with Gasteiger partial charge in [-0.3, -0.25) is 4.79 Å². The quantitative estimate of drug-likeness (QED) is 0.875. The van der Waals surface area contributed by atoms with Gasteiger partial charge in [-0.15, -0.1) is 0 Å². The van der Waals surface area contributed by atoms with Gasteiger partial charge in [0.2, 0.25) is 5.91 Å². The number of fused-ring (bicyclic) bond motifs is 1. The second-order valence-corrected chi connectivity index (χ2v) is 6.25. The molecule has 5 heteroatoms. The lowest BCUT2D eigenvalue weighted by Gasteiger charge is -2.24. The van der Waals surface area contributed by atoms with Crippen LogP contribution in [0.25, 0.3) is 0 Å². The largest absolute Gasteiger partial charge is 0.497 e. The van der Waals surface area contributed by atoms with Gasteiger partial charge >= 0.3 is 0 Å². The Bertz CT molecular complexity index is 728. The van der Waals surface area contributed by atoms with Crippen molar-refractivity contribution in [2.24, 2.45) is 0 Å². The third-order valence-electron chi connectivity index (χ3n) is 4.54. The number of hydrogen-bond donors (Lipinski definition) is 2. The van der Waals surface area contributed by atoms with Crippen molar-refractivity contribution in [2.75, 3.05) is 42.8 Å². The summed E-state index contributed by atoms with van der Waals surface area (Å²) < 4.78 is 5.33. The molecule has 1 amide bonds. The fraction of sp³-hybridized carbons (Fsp3) is 0.350. The maximum absolute atomic E-state index is 12.5. The average Bonchev–Trinajstić information content (AvgIpc) is 2.84. The molecule has 0 unspecified atom stereocenters. The highest BCUT2D eigenvalue weighted by molar-refractivity contribution is 5.94. The van der Waals surface area contributed by atoms with Crippen molar-refractivity contribution < 1.29 is 9.53 Å². The molecule has 2 aromatic rings. The Hall–Kier alpha value is -2.69. The number of aryl methyl sites for hydroxylation is 1. The molecule has 0 radical (unpaired) electrons. The van der Waals surface area contributed by atoms with Gasteiger partial charge in [-0.05, 0) is 67.3 Å². The van der Waals surface area contributed by atoms with Crippen LogP contribution in [0.4, 0.5) is 17.1 Å². The maximum Gasteiger partial charge on any atom is 0.243 e. The van der Waals surface area contributed by atoms with E-state index in [0.29, 0.717) is 6.54 Å². The molecule has 0 fully saturated rings. The van der Waals surface area contributed by atoms with Crippen LogP contribution >= 0.6 is 0 Å². The van der Waals surface area contributed by atoms with Gasteiger partial charge in [0.25, 0.3) is 0 Å². The van der Waals surface area contributed by atoms with E-state index in [4.69, 9.17) is 4.74 Å². The molecule has 0 saturated heterocycles. The number of anilines is 3. The lowest BCUT2D eigenvalue weighted by atomic mass is 10.1. The summed E-state index contributed by atoms with van der Waals surface area (Å²) in [6, 6.07) is 13.8. The van der Waals surface area contributed by atoms with E-state index >= 15 is 0 Å². The van der Waals surface area contributed by atoms with Crippen LogP contribution in [0.1, 0.15) is 18.4 Å². The first-order valence-corrected chi connectivity index (χ1v) is 8.69. The number of amides is 1. The zero-order chi connectivity index (χ0) is 17.6. The number of nitrogens with one attached hydrogen (secondary N) is 2. The number of hydrogen-bond acceptors (Lipinski definition) is 4. The Morgan fingerprint density at radius 3 is 2.60 bits per heavy atom. The van der Waals surface area contributed by atoms with Crippen molar-refractivity contribution in [2.45, 2.75) is 19.3 Å². The zero-order valence-electron chi connectivity index (χ0n) is 14.8. The smallest absolute Gasteiger partial charge is 0.243 e. The van der Waals surface area contributed by atoms with Crippen LogP contribution in [-0.4, -0.2) is 33.2 Å². The summed E-state index contributed by atoms with van der Waals surface area (Å²) in [4.78, 5) is 14.7. The molecule has 1 heterocycles. The molecule has 25 heavy (non-hydrogen) atoms. The SMILES string of the molecule is CNc1ccc(NC(=O)CN2CCCCc3cc(OC)ccc32)cc1. The van der Waals surface area contributed by atoms with Gasteiger partial charge in [0.15, 0.2) is 0 Å². The van der Waals surface area contributed by atoms with Gasteiger partial charge in [-0.2, -0.15) is 0 Å². The molecule has 2 aromatic carbocycles. The standard InChI is InChI=1S/C20H25N3O2/c1-21-16-6-8-17(9-7-16)22-20(24)14-23-12-4-3-5-15-13-18(25-2)10-11-19(15)23/h6-11,13,21H,3-5,12,14H2,1-2H3,(H,22,24). The fourth-order valence-corrected chi connectivity index (χ4v) is 3.19. The summed E-state index contributed by atoms with van der Waals surface area (Å²) in [6.07, 6.45) is 3.24. The van der Waals surface area contributed by atoms with Crippen LogP contribution in [0.5, 0.6) is 5.75 Å². The first-order valence-electron chi connectivity index (χ1n) is 8.69. The molecule has 132 valence electrons. The highest BCUT2D eigenvalue weighted by Gasteiger charge is 2.18. The van der Waals surface area contributed by atoms with E-state index in [-0.39, 0.29) is 5.91 Å². The van der Waals surface area contributed by atoms with Crippen LogP contribution in [0, 0.1) is 0 Å². The summed E-state index contributed by atoms with van der Waals surface area (Å²) in [6.45, 7) is 1.25. The highest BCUT2D eigenvalue weighted by Crippen LogP contribution is 2.29. The number of carbonyl (C=O) groups is 1. The van der Waals surface area contributed by atoms with Gasteiger partial charge in [0, 0.05) is 30.7 Å². The predicted molar refractivity (Wildman–Crippen MR) is 103 cm³/mol. The van der Waals surface area contributed by atoms with Gasteiger partial charge < -0.3 is 20.3 Å². The van der Waals surface area contributed by atoms with Crippen molar-refractivity contribution in [3.8, 4) is 5.75 Å². The van der Waals surface area contributed by atoms with E-state index in [0.717, 1.165) is 48.6 Å². The molecule has 0 aliphatic carbocycles. The molecule has 0 bridgehead atoms. The predicted octanol–water partition coefficient (Wildman–Crippen LogP) is 3.52. The molecular weight excluding hydrogens is 314 g/mol. The molecule has 0 aromatic heterocycles. The topological polar surface area (TPSA) is 53.6 Å². The van der Waals surface area contributed by atoms with E-state index in [1.165, 1.54) is 5.56 Å². The normalized spacial score (nSPS) is 13.6. The van der Waals surface area contributed by atoms with E-state index in [2.05, 4.69) is 27.7 Å². The zero-order valence-corrected chi connectivity index (χ0v) is 14.8. The van der Waals surface area contributed by atoms with Crippen LogP contribution in [-0.2, 0) is 11.2 Å². The summed E-state index contributed by atoms with van der Waals surface area (Å²) in [5.41, 5.74) is 4.23. The second-order valence-electron chi connectivity index (χ2n) is 6.25. The number of nitrogens with zero attached hydrogens (tertiary/aromatic N) is 1. The Kier molecular flexibility index (Phi) is 5.43.